The van der Waals surface area contributed by atoms with Crippen molar-refractivity contribution in [3.63, 3.8) is 0 Å². The van der Waals surface area contributed by atoms with Gasteiger partial charge in [-0.2, -0.15) is 0 Å². The summed E-state index contributed by atoms with van der Waals surface area (Å²) in [6.07, 6.45) is 0.744. The van der Waals surface area contributed by atoms with Crippen LogP contribution in [0.2, 0.25) is 0 Å². The number of benzene rings is 1. The van der Waals surface area contributed by atoms with Crippen LogP contribution < -0.4 is 10.1 Å². The summed E-state index contributed by atoms with van der Waals surface area (Å²) in [5.74, 6) is -1.99. The molecular weight excluding hydrogens is 284 g/mol. The summed E-state index contributed by atoms with van der Waals surface area (Å²) in [5, 5.41) is 4.64. The smallest absolute Gasteiger partial charge is 0.257 e. The van der Waals surface area contributed by atoms with Gasteiger partial charge >= 0.3 is 0 Å². The quantitative estimate of drug-likeness (QED) is 0.890. The zero-order valence-electron chi connectivity index (χ0n) is 10.6. The fraction of sp³-hybridized carbons (Fsp3) is 0.214. The molecule has 3 nitrogen and oxygen atoms in total. The maximum Gasteiger partial charge on any atom is 0.257 e. The zero-order valence-corrected chi connectivity index (χ0v) is 11.4. The summed E-state index contributed by atoms with van der Waals surface area (Å²) < 4.78 is 30.9. The Labute approximate surface area is 119 Å². The third-order valence-corrected chi connectivity index (χ3v) is 3.46. The van der Waals surface area contributed by atoms with Crippen molar-refractivity contribution < 1.29 is 18.3 Å². The molecule has 1 aromatic heterocycles. The molecule has 0 fully saturated rings. The van der Waals surface area contributed by atoms with E-state index in [4.69, 9.17) is 4.74 Å². The van der Waals surface area contributed by atoms with Crippen molar-refractivity contribution in [1.82, 2.24) is 5.32 Å². The molecule has 0 atom stereocenters. The lowest BCUT2D eigenvalue weighted by Crippen LogP contribution is -2.30. The van der Waals surface area contributed by atoms with Gasteiger partial charge < -0.3 is 10.1 Å². The molecule has 0 unspecified atom stereocenters. The molecule has 20 heavy (non-hydrogen) atoms. The van der Waals surface area contributed by atoms with E-state index in [9.17, 15) is 13.6 Å². The molecule has 1 amide bonds. The monoisotopic (exact) mass is 297 g/mol. The molecule has 0 spiro atoms. The number of carbonyl (C=O) groups excluding carboxylic acids is 1. The Morgan fingerprint density at radius 1 is 1.30 bits per heavy atom. The molecule has 0 bridgehead atoms. The van der Waals surface area contributed by atoms with Gasteiger partial charge in [0.05, 0.1) is 0 Å². The average molecular weight is 297 g/mol. The summed E-state index contributed by atoms with van der Waals surface area (Å²) in [6.45, 7) is 0.196. The van der Waals surface area contributed by atoms with E-state index in [-0.39, 0.29) is 18.3 Å². The largest absolute Gasteiger partial charge is 0.481 e. The van der Waals surface area contributed by atoms with E-state index in [0.717, 1.165) is 18.6 Å². The highest BCUT2D eigenvalue weighted by atomic mass is 32.1. The second kappa shape index (κ2) is 7.00. The van der Waals surface area contributed by atoms with Gasteiger partial charge in [0.1, 0.15) is 5.82 Å². The number of thiophene rings is 1. The van der Waals surface area contributed by atoms with Gasteiger partial charge in [-0.05, 0) is 30.0 Å². The van der Waals surface area contributed by atoms with Crippen molar-refractivity contribution in [2.75, 3.05) is 13.2 Å². The summed E-state index contributed by atoms with van der Waals surface area (Å²) >= 11 is 1.62. The van der Waals surface area contributed by atoms with Crippen LogP contribution in [0, 0.1) is 11.6 Å². The lowest BCUT2D eigenvalue weighted by Gasteiger charge is -2.07. The Kier molecular flexibility index (Phi) is 5.06. The van der Waals surface area contributed by atoms with Crippen molar-refractivity contribution in [3.8, 4) is 5.75 Å². The summed E-state index contributed by atoms with van der Waals surface area (Å²) in [6, 6.07) is 6.88. The second-order valence-electron chi connectivity index (χ2n) is 4.04. The molecule has 6 heteroatoms. The lowest BCUT2D eigenvalue weighted by molar-refractivity contribution is -0.123. The predicted octanol–water partition coefficient (Wildman–Crippen LogP) is 2.76. The van der Waals surface area contributed by atoms with E-state index >= 15 is 0 Å². The van der Waals surface area contributed by atoms with Gasteiger partial charge in [0.2, 0.25) is 0 Å². The topological polar surface area (TPSA) is 38.3 Å². The van der Waals surface area contributed by atoms with Crippen molar-refractivity contribution in [1.29, 1.82) is 0 Å². The molecule has 2 rings (SSSR count). The van der Waals surface area contributed by atoms with Crippen molar-refractivity contribution in [2.24, 2.45) is 0 Å². The van der Waals surface area contributed by atoms with Crippen LogP contribution in [0.1, 0.15) is 4.88 Å². The average Bonchev–Trinajstić information content (AvgIpc) is 2.91. The van der Waals surface area contributed by atoms with E-state index in [1.807, 2.05) is 17.5 Å². The number of hydrogen-bond acceptors (Lipinski definition) is 3. The first-order valence-corrected chi connectivity index (χ1v) is 6.90. The molecule has 0 saturated carbocycles. The Balaban J connectivity index is 1.72. The SMILES string of the molecule is O=C(COc1ccc(F)cc1F)NCCc1cccs1. The van der Waals surface area contributed by atoms with Crippen LogP contribution in [-0.4, -0.2) is 19.1 Å². The van der Waals surface area contributed by atoms with Crippen molar-refractivity contribution in [2.45, 2.75) is 6.42 Å². The molecule has 106 valence electrons. The van der Waals surface area contributed by atoms with Crippen LogP contribution in [-0.2, 0) is 11.2 Å². The normalized spacial score (nSPS) is 10.3. The van der Waals surface area contributed by atoms with Crippen LogP contribution in [0.15, 0.2) is 35.7 Å². The molecule has 0 aliphatic rings. The van der Waals surface area contributed by atoms with Crippen LogP contribution in [0.3, 0.4) is 0 Å². The van der Waals surface area contributed by atoms with Gasteiger partial charge in [-0.15, -0.1) is 11.3 Å². The predicted molar refractivity (Wildman–Crippen MR) is 72.9 cm³/mol. The number of carbonyl (C=O) groups is 1. The highest BCUT2D eigenvalue weighted by molar-refractivity contribution is 7.09. The highest BCUT2D eigenvalue weighted by Crippen LogP contribution is 2.17. The maximum absolute atomic E-state index is 13.2. The Hall–Kier alpha value is -1.95. The standard InChI is InChI=1S/C14H13F2NO2S/c15-10-3-4-13(12(16)8-10)19-9-14(18)17-6-5-11-2-1-7-20-11/h1-4,7-8H,5-6,9H2,(H,17,18). The molecule has 0 aliphatic carbocycles. The van der Waals surface area contributed by atoms with Gasteiger partial charge in [-0.1, -0.05) is 6.07 Å². The number of rotatable bonds is 6. The first-order chi connectivity index (χ1) is 9.65. The third-order valence-electron chi connectivity index (χ3n) is 2.53. The lowest BCUT2D eigenvalue weighted by atomic mass is 10.3. The molecule has 1 aromatic carbocycles. The van der Waals surface area contributed by atoms with Crippen LogP contribution >= 0.6 is 11.3 Å². The molecule has 1 N–H and O–H groups in total. The maximum atomic E-state index is 13.2. The minimum Gasteiger partial charge on any atom is -0.481 e. The number of halogens is 2. The van der Waals surface area contributed by atoms with Gasteiger partial charge in [0, 0.05) is 17.5 Å². The van der Waals surface area contributed by atoms with Crippen molar-refractivity contribution >= 4 is 17.2 Å². The van der Waals surface area contributed by atoms with Crippen LogP contribution in [0.5, 0.6) is 5.75 Å². The third kappa shape index (κ3) is 4.31. The summed E-state index contributed by atoms with van der Waals surface area (Å²) in [5.41, 5.74) is 0. The Morgan fingerprint density at radius 2 is 2.15 bits per heavy atom. The molecule has 1 heterocycles. The van der Waals surface area contributed by atoms with E-state index < -0.39 is 11.6 Å². The molecular formula is C14H13F2NO2S. The van der Waals surface area contributed by atoms with E-state index in [1.165, 1.54) is 4.88 Å². The second-order valence-corrected chi connectivity index (χ2v) is 5.07. The number of hydrogen-bond donors (Lipinski definition) is 1. The summed E-state index contributed by atoms with van der Waals surface area (Å²) in [4.78, 5) is 12.7. The Morgan fingerprint density at radius 3 is 2.85 bits per heavy atom. The van der Waals surface area contributed by atoms with Crippen molar-refractivity contribution in [3.05, 3.63) is 52.2 Å². The van der Waals surface area contributed by atoms with Gasteiger partial charge in [-0.3, -0.25) is 4.79 Å². The summed E-state index contributed by atoms with van der Waals surface area (Å²) in [7, 11) is 0. The molecule has 0 aliphatic heterocycles. The molecule has 0 radical (unpaired) electrons. The minimum atomic E-state index is -0.823. The van der Waals surface area contributed by atoms with Gasteiger partial charge in [-0.25, -0.2) is 8.78 Å². The fourth-order valence-corrected chi connectivity index (χ4v) is 2.28. The Bertz CT molecular complexity index is 573. The van der Waals surface area contributed by atoms with E-state index in [1.54, 1.807) is 11.3 Å². The molecule has 0 saturated heterocycles. The van der Waals surface area contributed by atoms with E-state index in [2.05, 4.69) is 5.32 Å². The van der Waals surface area contributed by atoms with Gasteiger partial charge in [0.15, 0.2) is 18.2 Å². The minimum absolute atomic E-state index is 0.139. The first-order valence-electron chi connectivity index (χ1n) is 6.02. The first kappa shape index (κ1) is 14.5. The fourth-order valence-electron chi connectivity index (χ4n) is 1.57. The van der Waals surface area contributed by atoms with Crippen LogP contribution in [0.25, 0.3) is 0 Å². The van der Waals surface area contributed by atoms with E-state index in [0.29, 0.717) is 12.6 Å². The molecule has 2 aromatic rings. The zero-order chi connectivity index (χ0) is 14.4. The number of ether oxygens (including phenoxy) is 1. The number of nitrogens with one attached hydrogen (secondary N) is 1. The van der Waals surface area contributed by atoms with Crippen LogP contribution in [0.4, 0.5) is 8.78 Å². The highest BCUT2D eigenvalue weighted by Gasteiger charge is 2.07. The van der Waals surface area contributed by atoms with Gasteiger partial charge in [0.25, 0.3) is 5.91 Å². The number of amides is 1.